The maximum Gasteiger partial charge on any atom is 0.416 e. The van der Waals surface area contributed by atoms with Crippen molar-refractivity contribution in [3.05, 3.63) is 101 Å². The molecule has 1 unspecified atom stereocenters. The molecule has 0 heterocycles. The molecule has 0 bridgehead atoms. The molecule has 1 N–H and O–H groups in total. The van der Waals surface area contributed by atoms with E-state index in [0.29, 0.717) is 24.5 Å². The van der Waals surface area contributed by atoms with Crippen molar-refractivity contribution in [2.24, 2.45) is 0 Å². The number of aryl methyl sites for hydroxylation is 1. The number of hydrogen-bond donors (Lipinski definition) is 1. The molecule has 0 saturated heterocycles. The van der Waals surface area contributed by atoms with Crippen LogP contribution in [0.3, 0.4) is 0 Å². The maximum atomic E-state index is 14.2. The average Bonchev–Trinajstić information content (AvgIpc) is 3.01. The highest BCUT2D eigenvalue weighted by atomic mass is 19.4. The standard InChI is InChI=1S/C26H23F5N2O/c27-21-12-13-24(23(28)15-21)32-25(34)33(16-17-8-10-20(11-9-17)26(29,30)31)22-7-3-6-18-4-1-2-5-19(18)14-22/h1-2,4-5,8-13,15,22H,3,6-7,14,16H2,(H,32,34). The molecule has 0 saturated carbocycles. The predicted octanol–water partition coefficient (Wildman–Crippen LogP) is 6.97. The third-order valence-corrected chi connectivity index (χ3v) is 6.07. The van der Waals surface area contributed by atoms with Crippen LogP contribution in [-0.2, 0) is 25.6 Å². The van der Waals surface area contributed by atoms with Crippen molar-refractivity contribution >= 4 is 11.7 Å². The highest BCUT2D eigenvalue weighted by Crippen LogP contribution is 2.30. The average molecular weight is 474 g/mol. The number of halogens is 5. The van der Waals surface area contributed by atoms with Crippen molar-refractivity contribution in [3.63, 3.8) is 0 Å². The zero-order valence-corrected chi connectivity index (χ0v) is 18.2. The first-order valence-electron chi connectivity index (χ1n) is 11.0. The van der Waals surface area contributed by atoms with Gasteiger partial charge in [-0.25, -0.2) is 13.6 Å². The highest BCUT2D eigenvalue weighted by molar-refractivity contribution is 5.89. The predicted molar refractivity (Wildman–Crippen MR) is 119 cm³/mol. The molecular weight excluding hydrogens is 451 g/mol. The number of urea groups is 1. The van der Waals surface area contributed by atoms with Crippen LogP contribution in [0, 0.1) is 11.6 Å². The summed E-state index contributed by atoms with van der Waals surface area (Å²) in [5.41, 5.74) is 1.87. The van der Waals surface area contributed by atoms with Gasteiger partial charge in [0.25, 0.3) is 0 Å². The summed E-state index contributed by atoms with van der Waals surface area (Å²) in [7, 11) is 0. The Balaban J connectivity index is 1.62. The van der Waals surface area contributed by atoms with Crippen LogP contribution >= 0.6 is 0 Å². The number of rotatable bonds is 4. The number of carbonyl (C=O) groups is 1. The summed E-state index contributed by atoms with van der Waals surface area (Å²) in [6.07, 6.45) is -1.54. The van der Waals surface area contributed by atoms with E-state index in [4.69, 9.17) is 0 Å². The van der Waals surface area contributed by atoms with E-state index < -0.39 is 29.4 Å². The summed E-state index contributed by atoms with van der Waals surface area (Å²) in [4.78, 5) is 14.8. The Bertz CT molecular complexity index is 1160. The normalized spacial score (nSPS) is 15.9. The zero-order chi connectivity index (χ0) is 24.3. The molecule has 3 nitrogen and oxygen atoms in total. The molecule has 1 aliphatic rings. The van der Waals surface area contributed by atoms with E-state index in [2.05, 4.69) is 5.32 Å². The lowest BCUT2D eigenvalue weighted by molar-refractivity contribution is -0.137. The minimum atomic E-state index is -4.46. The highest BCUT2D eigenvalue weighted by Gasteiger charge is 2.31. The number of carbonyl (C=O) groups excluding carboxylic acids is 1. The van der Waals surface area contributed by atoms with Crippen molar-refractivity contribution < 1.29 is 26.7 Å². The fraction of sp³-hybridized carbons (Fsp3) is 0.269. The summed E-state index contributed by atoms with van der Waals surface area (Å²) in [6.45, 7) is 0.0413. The molecule has 0 aliphatic heterocycles. The van der Waals surface area contributed by atoms with E-state index in [1.54, 1.807) is 0 Å². The fourth-order valence-corrected chi connectivity index (χ4v) is 4.29. The molecule has 3 aromatic carbocycles. The second-order valence-corrected chi connectivity index (χ2v) is 8.40. The largest absolute Gasteiger partial charge is 0.416 e. The SMILES string of the molecule is O=C(Nc1ccc(F)cc1F)N(Cc1ccc(C(F)(F)F)cc1)C1CCCc2ccccc2C1. The summed E-state index contributed by atoms with van der Waals surface area (Å²) >= 11 is 0. The Morgan fingerprint density at radius 2 is 1.68 bits per heavy atom. The topological polar surface area (TPSA) is 32.3 Å². The van der Waals surface area contributed by atoms with Gasteiger partial charge in [-0.3, -0.25) is 0 Å². The van der Waals surface area contributed by atoms with Crippen molar-refractivity contribution in [2.75, 3.05) is 5.32 Å². The number of fused-ring (bicyclic) bond motifs is 1. The molecule has 34 heavy (non-hydrogen) atoms. The Morgan fingerprint density at radius 3 is 2.35 bits per heavy atom. The number of anilines is 1. The summed E-state index contributed by atoms with van der Waals surface area (Å²) in [6, 6.07) is 14.6. The van der Waals surface area contributed by atoms with Crippen LogP contribution in [-0.4, -0.2) is 17.0 Å². The van der Waals surface area contributed by atoms with E-state index in [0.717, 1.165) is 42.7 Å². The first-order valence-corrected chi connectivity index (χ1v) is 11.0. The first kappa shape index (κ1) is 23.7. The maximum absolute atomic E-state index is 14.2. The molecule has 3 aromatic rings. The van der Waals surface area contributed by atoms with Crippen molar-refractivity contribution in [2.45, 2.75) is 44.4 Å². The fourth-order valence-electron chi connectivity index (χ4n) is 4.29. The smallest absolute Gasteiger partial charge is 0.317 e. The van der Waals surface area contributed by atoms with Gasteiger partial charge in [0.15, 0.2) is 0 Å². The van der Waals surface area contributed by atoms with Crippen molar-refractivity contribution in [1.82, 2.24) is 4.90 Å². The molecule has 4 rings (SSSR count). The third kappa shape index (κ3) is 5.55. The van der Waals surface area contributed by atoms with Crippen LogP contribution in [0.5, 0.6) is 0 Å². The Morgan fingerprint density at radius 1 is 0.971 bits per heavy atom. The van der Waals surface area contributed by atoms with Gasteiger partial charge >= 0.3 is 12.2 Å². The van der Waals surface area contributed by atoms with Gasteiger partial charge in [-0.1, -0.05) is 36.4 Å². The lowest BCUT2D eigenvalue weighted by atomic mass is 10.0. The second-order valence-electron chi connectivity index (χ2n) is 8.40. The van der Waals surface area contributed by atoms with Gasteiger partial charge in [0.05, 0.1) is 11.3 Å². The first-order chi connectivity index (χ1) is 16.2. The Hall–Kier alpha value is -3.42. The van der Waals surface area contributed by atoms with Crippen molar-refractivity contribution in [3.8, 4) is 0 Å². The minimum absolute atomic E-state index is 0.0413. The molecule has 8 heteroatoms. The molecule has 0 fully saturated rings. The van der Waals surface area contributed by atoms with E-state index in [-0.39, 0.29) is 18.3 Å². The molecule has 178 valence electrons. The molecule has 1 atom stereocenters. The van der Waals surface area contributed by atoms with E-state index in [1.807, 2.05) is 24.3 Å². The Kier molecular flexibility index (Phi) is 6.86. The van der Waals surface area contributed by atoms with Gasteiger partial charge in [0.1, 0.15) is 11.6 Å². The van der Waals surface area contributed by atoms with Crippen LogP contribution < -0.4 is 5.32 Å². The van der Waals surface area contributed by atoms with E-state index >= 15 is 0 Å². The molecule has 2 amide bonds. The number of hydrogen-bond acceptors (Lipinski definition) is 1. The summed E-state index contributed by atoms with van der Waals surface area (Å²) < 4.78 is 66.3. The van der Waals surface area contributed by atoms with Gasteiger partial charge in [0, 0.05) is 18.7 Å². The van der Waals surface area contributed by atoms with E-state index in [9.17, 15) is 26.7 Å². The van der Waals surface area contributed by atoms with Gasteiger partial charge in [-0.15, -0.1) is 0 Å². The number of amides is 2. The summed E-state index contributed by atoms with van der Waals surface area (Å²) in [5.74, 6) is -1.67. The van der Waals surface area contributed by atoms with Gasteiger partial charge in [-0.2, -0.15) is 13.2 Å². The van der Waals surface area contributed by atoms with Crippen LogP contribution in [0.15, 0.2) is 66.7 Å². The second kappa shape index (κ2) is 9.83. The van der Waals surface area contributed by atoms with Crippen LogP contribution in [0.2, 0.25) is 0 Å². The Labute approximate surface area is 194 Å². The number of benzene rings is 3. The van der Waals surface area contributed by atoms with Crippen LogP contribution in [0.4, 0.5) is 32.4 Å². The minimum Gasteiger partial charge on any atom is -0.317 e. The van der Waals surface area contributed by atoms with E-state index in [1.165, 1.54) is 22.6 Å². The molecule has 0 radical (unpaired) electrons. The summed E-state index contributed by atoms with van der Waals surface area (Å²) in [5, 5.41) is 2.50. The zero-order valence-electron chi connectivity index (χ0n) is 18.2. The monoisotopic (exact) mass is 474 g/mol. The lowest BCUT2D eigenvalue weighted by Crippen LogP contribution is -2.43. The number of nitrogens with one attached hydrogen (secondary N) is 1. The molecular formula is C26H23F5N2O. The molecule has 0 aromatic heterocycles. The van der Waals surface area contributed by atoms with Crippen LogP contribution in [0.1, 0.15) is 35.1 Å². The number of nitrogens with zero attached hydrogens (tertiary/aromatic N) is 1. The lowest BCUT2D eigenvalue weighted by Gasteiger charge is -2.32. The number of alkyl halides is 3. The van der Waals surface area contributed by atoms with Crippen LogP contribution in [0.25, 0.3) is 0 Å². The van der Waals surface area contributed by atoms with Crippen molar-refractivity contribution in [1.29, 1.82) is 0 Å². The molecule has 0 spiro atoms. The van der Waals surface area contributed by atoms with Gasteiger partial charge < -0.3 is 10.2 Å². The molecule has 1 aliphatic carbocycles. The van der Waals surface area contributed by atoms with Gasteiger partial charge in [0.2, 0.25) is 0 Å². The third-order valence-electron chi connectivity index (χ3n) is 6.07. The van der Waals surface area contributed by atoms with Gasteiger partial charge in [-0.05, 0) is 66.6 Å². The quantitative estimate of drug-likeness (QED) is 0.322.